The SMILES string of the molecule is CCNC(=NCC(c1ccco1)N1CCCC1)NCCN(C)C(=O)OC(C)(C)C. The third-order valence-corrected chi connectivity index (χ3v) is 4.66. The molecule has 0 radical (unpaired) electrons. The van der Waals surface area contributed by atoms with Crippen molar-refractivity contribution in [3.8, 4) is 0 Å². The fourth-order valence-corrected chi connectivity index (χ4v) is 3.21. The van der Waals surface area contributed by atoms with Gasteiger partial charge in [-0.25, -0.2) is 4.79 Å². The van der Waals surface area contributed by atoms with Crippen LogP contribution >= 0.6 is 0 Å². The molecule has 1 aromatic heterocycles. The number of likely N-dealkylation sites (tertiary alicyclic amines) is 1. The molecule has 1 fully saturated rings. The van der Waals surface area contributed by atoms with E-state index >= 15 is 0 Å². The van der Waals surface area contributed by atoms with Crippen LogP contribution in [0.2, 0.25) is 0 Å². The molecule has 0 aliphatic carbocycles. The van der Waals surface area contributed by atoms with Crippen LogP contribution in [0.3, 0.4) is 0 Å². The highest BCUT2D eigenvalue weighted by atomic mass is 16.6. The lowest BCUT2D eigenvalue weighted by molar-refractivity contribution is 0.0302. The maximum absolute atomic E-state index is 12.1. The number of nitrogens with one attached hydrogen (secondary N) is 2. The minimum Gasteiger partial charge on any atom is -0.468 e. The molecular weight excluding hydrogens is 370 g/mol. The van der Waals surface area contributed by atoms with E-state index in [2.05, 4.69) is 15.5 Å². The van der Waals surface area contributed by atoms with E-state index < -0.39 is 5.60 Å². The molecule has 0 aromatic carbocycles. The van der Waals surface area contributed by atoms with Gasteiger partial charge < -0.3 is 24.7 Å². The first-order chi connectivity index (χ1) is 13.8. The standard InChI is InChI=1S/C21H37N5O3/c1-6-22-19(23-11-14-25(5)20(27)29-21(2,3)4)24-16-17(18-10-9-15-28-18)26-12-7-8-13-26/h9-10,15,17H,6-8,11-14,16H2,1-5H3,(H2,22,23,24). The summed E-state index contributed by atoms with van der Waals surface area (Å²) in [4.78, 5) is 20.8. The van der Waals surface area contributed by atoms with Crippen molar-refractivity contribution in [1.82, 2.24) is 20.4 Å². The van der Waals surface area contributed by atoms with Crippen LogP contribution in [0.15, 0.2) is 27.8 Å². The second-order valence-electron chi connectivity index (χ2n) is 8.32. The Morgan fingerprint density at radius 2 is 2.07 bits per heavy atom. The number of ether oxygens (including phenoxy) is 1. The van der Waals surface area contributed by atoms with Crippen LogP contribution in [-0.4, -0.2) is 73.8 Å². The van der Waals surface area contributed by atoms with Crippen LogP contribution in [0, 0.1) is 0 Å². The van der Waals surface area contributed by atoms with Gasteiger partial charge in [-0.3, -0.25) is 9.89 Å². The first-order valence-corrected chi connectivity index (χ1v) is 10.5. The molecule has 164 valence electrons. The van der Waals surface area contributed by atoms with Gasteiger partial charge in [-0.05, 0) is 65.8 Å². The van der Waals surface area contributed by atoms with Crippen LogP contribution in [0.25, 0.3) is 0 Å². The smallest absolute Gasteiger partial charge is 0.410 e. The molecule has 8 nitrogen and oxygen atoms in total. The number of carbonyl (C=O) groups is 1. The molecule has 2 N–H and O–H groups in total. The molecular formula is C21H37N5O3. The molecule has 29 heavy (non-hydrogen) atoms. The Kier molecular flexibility index (Phi) is 8.82. The molecule has 0 saturated carbocycles. The molecule has 1 saturated heterocycles. The predicted octanol–water partition coefficient (Wildman–Crippen LogP) is 2.84. The lowest BCUT2D eigenvalue weighted by atomic mass is 10.2. The lowest BCUT2D eigenvalue weighted by Gasteiger charge is -2.25. The Labute approximate surface area is 174 Å². The summed E-state index contributed by atoms with van der Waals surface area (Å²) in [6.45, 7) is 12.3. The Balaban J connectivity index is 1.90. The van der Waals surface area contributed by atoms with Crippen LogP contribution in [0.4, 0.5) is 4.79 Å². The number of guanidine groups is 1. The summed E-state index contributed by atoms with van der Waals surface area (Å²) in [5.74, 6) is 1.69. The van der Waals surface area contributed by atoms with E-state index in [0.29, 0.717) is 19.6 Å². The van der Waals surface area contributed by atoms with E-state index in [4.69, 9.17) is 14.1 Å². The normalized spacial score (nSPS) is 16.5. The summed E-state index contributed by atoms with van der Waals surface area (Å²) in [5.41, 5.74) is -0.494. The van der Waals surface area contributed by atoms with E-state index in [1.807, 2.05) is 39.8 Å². The van der Waals surface area contributed by atoms with Gasteiger partial charge in [-0.1, -0.05) is 0 Å². The van der Waals surface area contributed by atoms with Crippen molar-refractivity contribution in [1.29, 1.82) is 0 Å². The van der Waals surface area contributed by atoms with Gasteiger partial charge in [0.1, 0.15) is 11.4 Å². The zero-order valence-corrected chi connectivity index (χ0v) is 18.5. The molecule has 8 heteroatoms. The van der Waals surface area contributed by atoms with Gasteiger partial charge in [-0.2, -0.15) is 0 Å². The average Bonchev–Trinajstić information content (AvgIpc) is 3.34. The number of likely N-dealkylation sites (N-methyl/N-ethyl adjacent to an activating group) is 1. The third kappa shape index (κ3) is 7.97. The molecule has 2 heterocycles. The highest BCUT2D eigenvalue weighted by molar-refractivity contribution is 5.79. The highest BCUT2D eigenvalue weighted by Gasteiger charge is 2.25. The summed E-state index contributed by atoms with van der Waals surface area (Å²) >= 11 is 0. The van der Waals surface area contributed by atoms with Gasteiger partial charge in [0, 0.05) is 26.7 Å². The zero-order chi connectivity index (χ0) is 21.3. The molecule has 0 bridgehead atoms. The minimum absolute atomic E-state index is 0.146. The van der Waals surface area contributed by atoms with Gasteiger partial charge in [-0.15, -0.1) is 0 Å². The van der Waals surface area contributed by atoms with Gasteiger partial charge in [0.15, 0.2) is 5.96 Å². The maximum atomic E-state index is 12.1. The lowest BCUT2D eigenvalue weighted by Crippen LogP contribution is -2.43. The summed E-state index contributed by atoms with van der Waals surface area (Å²) in [6.07, 6.45) is 3.83. The number of aliphatic imine (C=N–C) groups is 1. The molecule has 0 spiro atoms. The average molecular weight is 408 g/mol. The second kappa shape index (κ2) is 11.1. The van der Waals surface area contributed by atoms with Gasteiger partial charge in [0.2, 0.25) is 0 Å². The van der Waals surface area contributed by atoms with Crippen LogP contribution in [-0.2, 0) is 4.74 Å². The first kappa shape index (κ1) is 23.1. The molecule has 2 rings (SSSR count). The van der Waals surface area contributed by atoms with Gasteiger partial charge in [0.25, 0.3) is 0 Å². The highest BCUT2D eigenvalue weighted by Crippen LogP contribution is 2.25. The summed E-state index contributed by atoms with van der Waals surface area (Å²) in [7, 11) is 1.74. The predicted molar refractivity (Wildman–Crippen MR) is 115 cm³/mol. The van der Waals surface area contributed by atoms with E-state index in [-0.39, 0.29) is 12.1 Å². The van der Waals surface area contributed by atoms with Crippen molar-refractivity contribution in [2.45, 2.75) is 52.2 Å². The van der Waals surface area contributed by atoms with Gasteiger partial charge >= 0.3 is 6.09 Å². The fourth-order valence-electron chi connectivity index (χ4n) is 3.21. The Morgan fingerprint density at radius 3 is 2.66 bits per heavy atom. The fraction of sp³-hybridized carbons (Fsp3) is 0.714. The van der Waals surface area contributed by atoms with E-state index in [0.717, 1.165) is 31.4 Å². The Hall–Kier alpha value is -2.22. The number of amides is 1. The molecule has 1 aliphatic rings. The zero-order valence-electron chi connectivity index (χ0n) is 18.5. The van der Waals surface area contributed by atoms with E-state index in [9.17, 15) is 4.79 Å². The summed E-state index contributed by atoms with van der Waals surface area (Å²) in [5, 5.41) is 6.57. The van der Waals surface area contributed by atoms with Crippen LogP contribution < -0.4 is 10.6 Å². The van der Waals surface area contributed by atoms with Crippen molar-refractivity contribution in [3.05, 3.63) is 24.2 Å². The minimum atomic E-state index is -0.494. The van der Waals surface area contributed by atoms with Gasteiger partial charge in [0.05, 0.1) is 18.8 Å². The van der Waals surface area contributed by atoms with E-state index in [1.54, 1.807) is 18.2 Å². The summed E-state index contributed by atoms with van der Waals surface area (Å²) < 4.78 is 11.0. The number of nitrogens with zero attached hydrogens (tertiary/aromatic N) is 3. The molecule has 1 atom stereocenters. The Morgan fingerprint density at radius 1 is 1.34 bits per heavy atom. The number of hydrogen-bond acceptors (Lipinski definition) is 5. The molecule has 1 unspecified atom stereocenters. The largest absolute Gasteiger partial charge is 0.468 e. The first-order valence-electron chi connectivity index (χ1n) is 10.5. The molecule has 1 amide bonds. The summed E-state index contributed by atoms with van der Waals surface area (Å²) in [6, 6.07) is 4.10. The van der Waals surface area contributed by atoms with E-state index in [1.165, 1.54) is 12.8 Å². The maximum Gasteiger partial charge on any atom is 0.410 e. The van der Waals surface area contributed by atoms with Crippen LogP contribution in [0.1, 0.15) is 52.3 Å². The monoisotopic (exact) mass is 407 g/mol. The van der Waals surface area contributed by atoms with Crippen molar-refractivity contribution < 1.29 is 13.9 Å². The van der Waals surface area contributed by atoms with Crippen molar-refractivity contribution in [2.75, 3.05) is 46.3 Å². The van der Waals surface area contributed by atoms with Crippen LogP contribution in [0.5, 0.6) is 0 Å². The Bertz CT molecular complexity index is 633. The third-order valence-electron chi connectivity index (χ3n) is 4.66. The molecule has 1 aliphatic heterocycles. The number of furan rings is 1. The molecule has 1 aromatic rings. The topological polar surface area (TPSA) is 82.3 Å². The number of rotatable bonds is 8. The van der Waals surface area contributed by atoms with Crippen molar-refractivity contribution in [2.24, 2.45) is 4.99 Å². The van der Waals surface area contributed by atoms with Crippen molar-refractivity contribution in [3.63, 3.8) is 0 Å². The van der Waals surface area contributed by atoms with Crippen molar-refractivity contribution >= 4 is 12.1 Å². The number of carbonyl (C=O) groups excluding carboxylic acids is 1. The second-order valence-corrected chi connectivity index (χ2v) is 8.32. The number of hydrogen-bond donors (Lipinski definition) is 2. The quantitative estimate of drug-likeness (QED) is 0.509.